The lowest BCUT2D eigenvalue weighted by atomic mass is 10.1. The Labute approximate surface area is 163 Å². The van der Waals surface area contributed by atoms with Gasteiger partial charge in [-0.2, -0.15) is 0 Å². The molecule has 5 nitrogen and oxygen atoms in total. The second-order valence-corrected chi connectivity index (χ2v) is 6.19. The van der Waals surface area contributed by atoms with Crippen LogP contribution in [-0.4, -0.2) is 18.3 Å². The minimum absolute atomic E-state index is 0.109. The molecule has 142 valence electrons. The van der Waals surface area contributed by atoms with Crippen LogP contribution in [0.3, 0.4) is 0 Å². The van der Waals surface area contributed by atoms with Gasteiger partial charge < -0.3 is 14.8 Å². The standard InChI is InChI=1S/C23H21NO4/c1-17(25)21-9-5-6-10-22(21)28-16-23(26)24-19-11-13-20(14-12-19)27-15-18-7-3-2-4-8-18/h2-14H,15-16H2,1H3,(H,24,26). The molecule has 0 aliphatic rings. The Bertz CT molecular complexity index is 936. The summed E-state index contributed by atoms with van der Waals surface area (Å²) >= 11 is 0. The van der Waals surface area contributed by atoms with Gasteiger partial charge in [0, 0.05) is 5.69 Å². The van der Waals surface area contributed by atoms with Crippen molar-refractivity contribution in [2.75, 3.05) is 11.9 Å². The van der Waals surface area contributed by atoms with Crippen molar-refractivity contribution in [2.45, 2.75) is 13.5 Å². The van der Waals surface area contributed by atoms with E-state index in [4.69, 9.17) is 9.47 Å². The van der Waals surface area contributed by atoms with Crippen molar-refractivity contribution < 1.29 is 19.1 Å². The number of amides is 1. The number of hydrogen-bond donors (Lipinski definition) is 1. The predicted molar refractivity (Wildman–Crippen MR) is 108 cm³/mol. The van der Waals surface area contributed by atoms with E-state index in [1.807, 2.05) is 30.3 Å². The van der Waals surface area contributed by atoms with Crippen molar-refractivity contribution in [2.24, 2.45) is 0 Å². The van der Waals surface area contributed by atoms with Gasteiger partial charge in [-0.3, -0.25) is 9.59 Å². The first-order chi connectivity index (χ1) is 13.6. The Morgan fingerprint density at radius 3 is 2.21 bits per heavy atom. The van der Waals surface area contributed by atoms with E-state index in [-0.39, 0.29) is 18.3 Å². The van der Waals surface area contributed by atoms with Gasteiger partial charge >= 0.3 is 0 Å². The Morgan fingerprint density at radius 1 is 0.821 bits per heavy atom. The molecule has 0 saturated carbocycles. The zero-order valence-corrected chi connectivity index (χ0v) is 15.6. The van der Waals surface area contributed by atoms with Gasteiger partial charge in [0.15, 0.2) is 12.4 Å². The van der Waals surface area contributed by atoms with E-state index in [2.05, 4.69) is 5.32 Å². The van der Waals surface area contributed by atoms with Crippen molar-refractivity contribution in [1.29, 1.82) is 0 Å². The van der Waals surface area contributed by atoms with Crippen molar-refractivity contribution >= 4 is 17.4 Å². The first-order valence-electron chi connectivity index (χ1n) is 8.91. The van der Waals surface area contributed by atoms with E-state index in [0.717, 1.165) is 5.56 Å². The van der Waals surface area contributed by atoms with E-state index < -0.39 is 0 Å². The Hall–Kier alpha value is -3.60. The second-order valence-electron chi connectivity index (χ2n) is 6.19. The van der Waals surface area contributed by atoms with Crippen LogP contribution in [0, 0.1) is 0 Å². The maximum Gasteiger partial charge on any atom is 0.262 e. The number of benzene rings is 3. The van der Waals surface area contributed by atoms with Gasteiger partial charge in [-0.25, -0.2) is 0 Å². The highest BCUT2D eigenvalue weighted by molar-refractivity contribution is 5.97. The average molecular weight is 375 g/mol. The molecule has 3 aromatic carbocycles. The molecule has 3 rings (SSSR count). The van der Waals surface area contributed by atoms with E-state index in [9.17, 15) is 9.59 Å². The summed E-state index contributed by atoms with van der Waals surface area (Å²) < 4.78 is 11.2. The summed E-state index contributed by atoms with van der Waals surface area (Å²) in [5.74, 6) is 0.696. The molecule has 0 unspecified atom stereocenters. The molecule has 5 heteroatoms. The molecule has 1 amide bonds. The maximum atomic E-state index is 12.1. The lowest BCUT2D eigenvalue weighted by molar-refractivity contribution is -0.118. The average Bonchev–Trinajstić information content (AvgIpc) is 2.72. The molecule has 0 aliphatic heterocycles. The minimum atomic E-state index is -0.309. The Balaban J connectivity index is 1.50. The van der Waals surface area contributed by atoms with Gasteiger partial charge in [-0.15, -0.1) is 0 Å². The minimum Gasteiger partial charge on any atom is -0.489 e. The number of para-hydroxylation sites is 1. The monoisotopic (exact) mass is 375 g/mol. The fourth-order valence-electron chi connectivity index (χ4n) is 2.60. The van der Waals surface area contributed by atoms with Crippen molar-refractivity contribution in [3.63, 3.8) is 0 Å². The molecule has 28 heavy (non-hydrogen) atoms. The molecule has 0 fully saturated rings. The Kier molecular flexibility index (Phi) is 6.41. The number of carbonyl (C=O) groups is 2. The summed E-state index contributed by atoms with van der Waals surface area (Å²) in [6.07, 6.45) is 0. The maximum absolute atomic E-state index is 12.1. The molecule has 0 saturated heterocycles. The zero-order chi connectivity index (χ0) is 19.8. The van der Waals surface area contributed by atoms with Crippen molar-refractivity contribution in [3.8, 4) is 11.5 Å². The van der Waals surface area contributed by atoms with Crippen molar-refractivity contribution in [1.82, 2.24) is 0 Å². The number of carbonyl (C=O) groups excluding carboxylic acids is 2. The normalized spacial score (nSPS) is 10.2. The second kappa shape index (κ2) is 9.37. The van der Waals surface area contributed by atoms with E-state index in [0.29, 0.717) is 29.4 Å². The summed E-state index contributed by atoms with van der Waals surface area (Å²) in [6.45, 7) is 1.76. The molecular formula is C23H21NO4. The van der Waals surface area contributed by atoms with Gasteiger partial charge in [0.1, 0.15) is 18.1 Å². The van der Waals surface area contributed by atoms with Gasteiger partial charge in [0.25, 0.3) is 5.91 Å². The molecule has 3 aromatic rings. The predicted octanol–water partition coefficient (Wildman–Crippen LogP) is 4.49. The third-order valence-corrected chi connectivity index (χ3v) is 4.01. The highest BCUT2D eigenvalue weighted by Gasteiger charge is 2.10. The Morgan fingerprint density at radius 2 is 1.50 bits per heavy atom. The number of anilines is 1. The SMILES string of the molecule is CC(=O)c1ccccc1OCC(=O)Nc1ccc(OCc2ccccc2)cc1. The van der Waals surface area contributed by atoms with E-state index in [1.165, 1.54) is 6.92 Å². The lowest BCUT2D eigenvalue weighted by Crippen LogP contribution is -2.20. The summed E-state index contributed by atoms with van der Waals surface area (Å²) in [5.41, 5.74) is 2.18. The molecule has 0 spiro atoms. The largest absolute Gasteiger partial charge is 0.489 e. The molecule has 0 aliphatic carbocycles. The number of ether oxygens (including phenoxy) is 2. The highest BCUT2D eigenvalue weighted by atomic mass is 16.5. The summed E-state index contributed by atoms with van der Waals surface area (Å²) in [4.78, 5) is 23.7. The summed E-state index contributed by atoms with van der Waals surface area (Å²) in [7, 11) is 0. The molecular weight excluding hydrogens is 354 g/mol. The van der Waals surface area contributed by atoms with Crippen LogP contribution in [0.5, 0.6) is 11.5 Å². The van der Waals surface area contributed by atoms with Crippen LogP contribution >= 0.6 is 0 Å². The van der Waals surface area contributed by atoms with Gasteiger partial charge in [-0.1, -0.05) is 42.5 Å². The number of Topliss-reactive ketones (excluding diaryl/α,β-unsaturated/α-hetero) is 1. The third-order valence-electron chi connectivity index (χ3n) is 4.01. The first-order valence-corrected chi connectivity index (χ1v) is 8.91. The fourth-order valence-corrected chi connectivity index (χ4v) is 2.60. The molecule has 0 aromatic heterocycles. The smallest absolute Gasteiger partial charge is 0.262 e. The molecule has 0 bridgehead atoms. The van der Waals surface area contributed by atoms with Crippen LogP contribution < -0.4 is 14.8 Å². The first kappa shape index (κ1) is 19.2. The molecule has 0 radical (unpaired) electrons. The lowest BCUT2D eigenvalue weighted by Gasteiger charge is -2.11. The van der Waals surface area contributed by atoms with Crippen LogP contribution in [0.15, 0.2) is 78.9 Å². The van der Waals surface area contributed by atoms with Gasteiger partial charge in [0.2, 0.25) is 0 Å². The highest BCUT2D eigenvalue weighted by Crippen LogP contribution is 2.19. The van der Waals surface area contributed by atoms with E-state index in [1.54, 1.807) is 48.5 Å². The van der Waals surface area contributed by atoms with Crippen LogP contribution in [0.1, 0.15) is 22.8 Å². The zero-order valence-electron chi connectivity index (χ0n) is 15.6. The number of hydrogen-bond acceptors (Lipinski definition) is 4. The number of rotatable bonds is 8. The van der Waals surface area contributed by atoms with E-state index >= 15 is 0 Å². The third kappa shape index (κ3) is 5.45. The summed E-state index contributed by atoms with van der Waals surface area (Å²) in [5, 5.41) is 2.76. The number of nitrogens with one attached hydrogen (secondary N) is 1. The van der Waals surface area contributed by atoms with Crippen LogP contribution in [-0.2, 0) is 11.4 Å². The fraction of sp³-hybridized carbons (Fsp3) is 0.130. The molecule has 1 N–H and O–H groups in total. The van der Waals surface area contributed by atoms with Crippen LogP contribution in [0.2, 0.25) is 0 Å². The van der Waals surface area contributed by atoms with Gasteiger partial charge in [0.05, 0.1) is 5.56 Å². The van der Waals surface area contributed by atoms with Crippen molar-refractivity contribution in [3.05, 3.63) is 90.0 Å². The number of ketones is 1. The molecule has 0 heterocycles. The van der Waals surface area contributed by atoms with Crippen LogP contribution in [0.4, 0.5) is 5.69 Å². The van der Waals surface area contributed by atoms with Gasteiger partial charge in [-0.05, 0) is 48.9 Å². The topological polar surface area (TPSA) is 64.6 Å². The molecule has 0 atom stereocenters. The van der Waals surface area contributed by atoms with Crippen LogP contribution in [0.25, 0.3) is 0 Å². The summed E-state index contributed by atoms with van der Waals surface area (Å²) in [6, 6.07) is 23.9. The quantitative estimate of drug-likeness (QED) is 0.590.